The number of nitrogens with zero attached hydrogens (tertiary/aromatic N) is 2. The van der Waals surface area contributed by atoms with Gasteiger partial charge >= 0.3 is 11.8 Å². The molecule has 8 heteroatoms. The van der Waals surface area contributed by atoms with E-state index in [0.717, 1.165) is 48.1 Å². The largest absolute Gasteiger partial charge is 0.383 e. The maximum Gasteiger partial charge on any atom is 0.313 e. The van der Waals surface area contributed by atoms with E-state index in [1.54, 1.807) is 11.0 Å². The van der Waals surface area contributed by atoms with E-state index in [-0.39, 0.29) is 11.9 Å². The molecule has 2 aromatic rings. The SMILES string of the molecule is CCc1cc(NC(=O)C(=O)N2CC(C)CCC2c2ccc3c(c2)C2(CC2)C(=O)N3)cnc1N. The number of benzene rings is 1. The molecule has 1 saturated heterocycles. The Bertz CT molecular complexity index is 1160. The fourth-order valence-corrected chi connectivity index (χ4v) is 5.17. The molecule has 0 radical (unpaired) electrons. The van der Waals surface area contributed by atoms with Crippen LogP contribution in [0.25, 0.3) is 0 Å². The smallest absolute Gasteiger partial charge is 0.313 e. The van der Waals surface area contributed by atoms with Crippen molar-refractivity contribution in [2.75, 3.05) is 22.9 Å². The predicted octanol–water partition coefficient (Wildman–Crippen LogP) is 3.15. The van der Waals surface area contributed by atoms with Gasteiger partial charge in [-0.05, 0) is 66.8 Å². The van der Waals surface area contributed by atoms with Gasteiger partial charge in [0.15, 0.2) is 0 Å². The summed E-state index contributed by atoms with van der Waals surface area (Å²) < 4.78 is 0. The lowest BCUT2D eigenvalue weighted by molar-refractivity contribution is -0.146. The van der Waals surface area contributed by atoms with Crippen molar-refractivity contribution in [3.8, 4) is 0 Å². The normalized spacial score (nSPS) is 22.6. The molecule has 1 aliphatic carbocycles. The molecule has 5 rings (SSSR count). The summed E-state index contributed by atoms with van der Waals surface area (Å²) in [7, 11) is 0. The van der Waals surface area contributed by atoms with Gasteiger partial charge in [0.2, 0.25) is 5.91 Å². The molecule has 4 N–H and O–H groups in total. The molecule has 172 valence electrons. The highest BCUT2D eigenvalue weighted by molar-refractivity contribution is 6.39. The lowest BCUT2D eigenvalue weighted by Crippen LogP contribution is -2.46. The summed E-state index contributed by atoms with van der Waals surface area (Å²) in [5, 5.41) is 5.68. The van der Waals surface area contributed by atoms with Crippen LogP contribution in [0.2, 0.25) is 0 Å². The van der Waals surface area contributed by atoms with E-state index >= 15 is 0 Å². The zero-order chi connectivity index (χ0) is 23.3. The van der Waals surface area contributed by atoms with Crippen LogP contribution in [-0.4, -0.2) is 34.2 Å². The number of carbonyl (C=O) groups excluding carboxylic acids is 3. The first-order valence-corrected chi connectivity index (χ1v) is 11.6. The maximum absolute atomic E-state index is 13.3. The summed E-state index contributed by atoms with van der Waals surface area (Å²) in [4.78, 5) is 44.4. The van der Waals surface area contributed by atoms with Gasteiger partial charge in [0.05, 0.1) is 23.3 Å². The molecule has 2 fully saturated rings. The predicted molar refractivity (Wildman–Crippen MR) is 125 cm³/mol. The highest BCUT2D eigenvalue weighted by Gasteiger charge is 2.56. The van der Waals surface area contributed by atoms with Crippen molar-refractivity contribution in [3.63, 3.8) is 0 Å². The summed E-state index contributed by atoms with van der Waals surface area (Å²) in [5.41, 5.74) is 9.61. The first kappa shape index (κ1) is 21.4. The Balaban J connectivity index is 1.39. The number of aryl methyl sites for hydroxylation is 1. The molecule has 33 heavy (non-hydrogen) atoms. The highest BCUT2D eigenvalue weighted by atomic mass is 16.2. The van der Waals surface area contributed by atoms with Gasteiger partial charge in [-0.1, -0.05) is 26.0 Å². The standard InChI is InChI=1S/C25H29N5O3/c1-3-15-10-17(12-27-21(15)26)28-22(31)23(32)30-13-14(2)4-7-20(30)16-5-6-19-18(11-16)25(8-9-25)24(33)29-19/h5-6,10-12,14,20H,3-4,7-9,13H2,1-2H3,(H2,26,27)(H,28,31)(H,29,33). The molecule has 1 aromatic heterocycles. The summed E-state index contributed by atoms with van der Waals surface area (Å²) in [5.74, 6) is -0.445. The molecular weight excluding hydrogens is 418 g/mol. The number of fused-ring (bicyclic) bond motifs is 2. The van der Waals surface area contributed by atoms with Gasteiger partial charge in [-0.3, -0.25) is 14.4 Å². The maximum atomic E-state index is 13.3. The summed E-state index contributed by atoms with van der Waals surface area (Å²) in [6, 6.07) is 7.52. The fraction of sp³-hybridized carbons (Fsp3) is 0.440. The Morgan fingerprint density at radius 1 is 1.27 bits per heavy atom. The zero-order valence-corrected chi connectivity index (χ0v) is 19.0. The number of nitrogen functional groups attached to an aromatic ring is 1. The third-order valence-corrected chi connectivity index (χ3v) is 7.29. The van der Waals surface area contributed by atoms with Crippen molar-refractivity contribution < 1.29 is 14.4 Å². The minimum atomic E-state index is -0.681. The molecule has 1 spiro atoms. The van der Waals surface area contributed by atoms with Crippen LogP contribution in [0.1, 0.15) is 62.3 Å². The number of rotatable bonds is 3. The second-order valence-corrected chi connectivity index (χ2v) is 9.57. The molecular formula is C25H29N5O3. The Hall–Kier alpha value is -3.42. The lowest BCUT2D eigenvalue weighted by Gasteiger charge is -2.38. The number of anilines is 3. The average molecular weight is 448 g/mol. The second kappa shape index (κ2) is 7.86. The zero-order valence-electron chi connectivity index (χ0n) is 19.0. The van der Waals surface area contributed by atoms with E-state index in [4.69, 9.17) is 5.73 Å². The first-order chi connectivity index (χ1) is 15.8. The molecule has 2 aliphatic heterocycles. The van der Waals surface area contributed by atoms with Crippen LogP contribution in [0.4, 0.5) is 17.2 Å². The van der Waals surface area contributed by atoms with E-state index in [2.05, 4.69) is 28.6 Å². The minimum absolute atomic E-state index is 0.0720. The third kappa shape index (κ3) is 3.63. The van der Waals surface area contributed by atoms with Gasteiger partial charge in [-0.25, -0.2) is 4.98 Å². The summed E-state index contributed by atoms with van der Waals surface area (Å²) >= 11 is 0. The Morgan fingerprint density at radius 3 is 2.79 bits per heavy atom. The highest BCUT2D eigenvalue weighted by Crippen LogP contribution is 2.55. The van der Waals surface area contributed by atoms with Crippen molar-refractivity contribution in [1.82, 2.24) is 9.88 Å². The van der Waals surface area contributed by atoms with E-state index in [9.17, 15) is 14.4 Å². The van der Waals surface area contributed by atoms with Crippen LogP contribution in [0.15, 0.2) is 30.5 Å². The summed E-state index contributed by atoms with van der Waals surface area (Å²) in [6.45, 7) is 4.56. The molecule has 1 saturated carbocycles. The van der Waals surface area contributed by atoms with Crippen LogP contribution in [-0.2, 0) is 26.2 Å². The van der Waals surface area contributed by atoms with E-state index in [1.807, 2.05) is 19.1 Å². The molecule has 2 unspecified atom stereocenters. The number of hydrogen-bond donors (Lipinski definition) is 3. The first-order valence-electron chi connectivity index (χ1n) is 11.6. The van der Waals surface area contributed by atoms with Crippen LogP contribution >= 0.6 is 0 Å². The molecule has 3 aliphatic rings. The number of amides is 3. The molecule has 3 heterocycles. The Kier molecular flexibility index (Phi) is 5.11. The van der Waals surface area contributed by atoms with E-state index in [0.29, 0.717) is 30.4 Å². The number of aromatic nitrogens is 1. The van der Waals surface area contributed by atoms with E-state index in [1.165, 1.54) is 6.20 Å². The lowest BCUT2D eigenvalue weighted by atomic mass is 9.87. The summed E-state index contributed by atoms with van der Waals surface area (Å²) in [6.07, 6.45) is 5.61. The Labute approximate surface area is 192 Å². The quantitative estimate of drug-likeness (QED) is 0.625. The fourth-order valence-electron chi connectivity index (χ4n) is 5.17. The monoisotopic (exact) mass is 447 g/mol. The van der Waals surface area contributed by atoms with Gasteiger partial charge in [-0.15, -0.1) is 0 Å². The van der Waals surface area contributed by atoms with Gasteiger partial charge in [-0.2, -0.15) is 0 Å². The van der Waals surface area contributed by atoms with Crippen LogP contribution in [0, 0.1) is 5.92 Å². The van der Waals surface area contributed by atoms with Crippen molar-refractivity contribution >= 4 is 34.9 Å². The van der Waals surface area contributed by atoms with Crippen molar-refractivity contribution in [3.05, 3.63) is 47.2 Å². The van der Waals surface area contributed by atoms with Gasteiger partial charge in [0.1, 0.15) is 5.82 Å². The number of carbonyl (C=O) groups is 3. The molecule has 3 amide bonds. The van der Waals surface area contributed by atoms with Gasteiger partial charge < -0.3 is 21.3 Å². The van der Waals surface area contributed by atoms with Crippen molar-refractivity contribution in [2.45, 2.75) is 57.4 Å². The van der Waals surface area contributed by atoms with Crippen molar-refractivity contribution in [1.29, 1.82) is 0 Å². The van der Waals surface area contributed by atoms with Gasteiger partial charge in [0.25, 0.3) is 0 Å². The molecule has 1 aromatic carbocycles. The number of hydrogen-bond acceptors (Lipinski definition) is 5. The van der Waals surface area contributed by atoms with E-state index < -0.39 is 17.2 Å². The number of nitrogens with two attached hydrogens (primary N) is 1. The average Bonchev–Trinajstić information content (AvgIpc) is 3.57. The van der Waals surface area contributed by atoms with Crippen LogP contribution in [0.3, 0.4) is 0 Å². The number of likely N-dealkylation sites (tertiary alicyclic amines) is 1. The Morgan fingerprint density at radius 2 is 2.06 bits per heavy atom. The number of nitrogens with one attached hydrogen (secondary N) is 2. The molecule has 8 nitrogen and oxygen atoms in total. The van der Waals surface area contributed by atoms with Crippen LogP contribution in [0.5, 0.6) is 0 Å². The number of pyridine rings is 1. The third-order valence-electron chi connectivity index (χ3n) is 7.29. The second-order valence-electron chi connectivity index (χ2n) is 9.57. The minimum Gasteiger partial charge on any atom is -0.383 e. The number of piperidine rings is 1. The molecule has 0 bridgehead atoms. The van der Waals surface area contributed by atoms with Gasteiger partial charge in [0, 0.05) is 12.2 Å². The molecule has 2 atom stereocenters. The topological polar surface area (TPSA) is 117 Å². The van der Waals surface area contributed by atoms with Crippen LogP contribution < -0.4 is 16.4 Å². The van der Waals surface area contributed by atoms with Crippen molar-refractivity contribution in [2.24, 2.45) is 5.92 Å².